The standard InChI is InChI=1S/C20H35NO15S/c1-5(23)21-9-13(27)10(24)6(2-22)34-19(9)36-17-15(29)12(26)8(4-37)35-20(17)32-3-7-11(25)14(28)16(30)18(31)33-7/h6-20,22,24-31,37H,2-4H2,1H3,(H,21,23)/t6-,7-,8-,9-,10-,11-,12-,13-,14+,15+,16+,17+,18-,19+,20+/m1/s1. The van der Waals surface area contributed by atoms with Crippen molar-refractivity contribution in [2.45, 2.75) is 99.0 Å². The van der Waals surface area contributed by atoms with E-state index in [1.54, 1.807) is 0 Å². The molecule has 15 atom stereocenters. The summed E-state index contributed by atoms with van der Waals surface area (Å²) in [6.45, 7) is -0.155. The molecule has 0 spiro atoms. The molecule has 17 heteroatoms. The average Bonchev–Trinajstić information content (AvgIpc) is 2.86. The number of amides is 1. The molecule has 0 aromatic rings. The molecule has 0 aromatic heterocycles. The molecule has 3 aliphatic rings. The maximum absolute atomic E-state index is 11.7. The second kappa shape index (κ2) is 13.1. The Hall–Kier alpha value is -0.740. The number of aliphatic hydroxyl groups excluding tert-OH is 9. The predicted molar refractivity (Wildman–Crippen MR) is 120 cm³/mol. The second-order valence-electron chi connectivity index (χ2n) is 9.11. The highest BCUT2D eigenvalue weighted by Crippen LogP contribution is 2.31. The summed E-state index contributed by atoms with van der Waals surface area (Å²) in [4.78, 5) is 11.7. The highest BCUT2D eigenvalue weighted by molar-refractivity contribution is 7.80. The van der Waals surface area contributed by atoms with Gasteiger partial charge in [0.15, 0.2) is 18.9 Å². The fraction of sp³-hybridized carbons (Fsp3) is 0.950. The first kappa shape index (κ1) is 30.8. The Balaban J connectivity index is 1.80. The fourth-order valence-corrected chi connectivity index (χ4v) is 4.64. The Morgan fingerprint density at radius 1 is 0.784 bits per heavy atom. The quantitative estimate of drug-likeness (QED) is 0.123. The molecule has 3 fully saturated rings. The highest BCUT2D eigenvalue weighted by atomic mass is 32.1. The van der Waals surface area contributed by atoms with Crippen molar-refractivity contribution in [1.29, 1.82) is 0 Å². The normalized spacial score (nSPS) is 49.0. The zero-order valence-electron chi connectivity index (χ0n) is 19.7. The largest absolute Gasteiger partial charge is 0.394 e. The molecule has 16 nitrogen and oxygen atoms in total. The molecular weight excluding hydrogens is 526 g/mol. The van der Waals surface area contributed by atoms with Crippen LogP contribution in [0.3, 0.4) is 0 Å². The summed E-state index contributed by atoms with van der Waals surface area (Å²) in [7, 11) is 0. The summed E-state index contributed by atoms with van der Waals surface area (Å²) in [6.07, 6.45) is -22.0. The van der Waals surface area contributed by atoms with Gasteiger partial charge in [-0.05, 0) is 0 Å². The SMILES string of the molecule is CC(=O)N[C@H]1[C@H](O[C@@H]2[C@@H](OC[C@H]3O[C@@H](O)[C@@H](O)[C@@H](O)[C@@H]3O)O[C@H](CS)[C@@H](O)[C@@H]2O)O[C@H](CO)[C@@H](O)[C@@H]1O. The van der Waals surface area contributed by atoms with Crippen LogP contribution in [0.4, 0.5) is 0 Å². The molecule has 37 heavy (non-hydrogen) atoms. The van der Waals surface area contributed by atoms with Crippen LogP contribution < -0.4 is 5.32 Å². The molecule has 0 radical (unpaired) electrons. The molecule has 0 saturated carbocycles. The van der Waals surface area contributed by atoms with Gasteiger partial charge in [-0.2, -0.15) is 12.6 Å². The first-order valence-electron chi connectivity index (χ1n) is 11.6. The summed E-state index contributed by atoms with van der Waals surface area (Å²) in [5, 5.41) is 93.2. The Morgan fingerprint density at radius 2 is 1.38 bits per heavy atom. The molecule has 3 aliphatic heterocycles. The van der Waals surface area contributed by atoms with E-state index in [4.69, 9.17) is 23.7 Å². The van der Waals surface area contributed by atoms with Crippen LogP contribution >= 0.6 is 12.6 Å². The summed E-state index contributed by atoms with van der Waals surface area (Å²) in [5.41, 5.74) is 0. The van der Waals surface area contributed by atoms with Crippen molar-refractivity contribution >= 4 is 18.5 Å². The van der Waals surface area contributed by atoms with Gasteiger partial charge in [0.25, 0.3) is 0 Å². The predicted octanol–water partition coefficient (Wildman–Crippen LogP) is -6.49. The van der Waals surface area contributed by atoms with Crippen LogP contribution in [0, 0.1) is 0 Å². The maximum atomic E-state index is 11.7. The van der Waals surface area contributed by atoms with E-state index in [0.29, 0.717) is 0 Å². The van der Waals surface area contributed by atoms with E-state index >= 15 is 0 Å². The van der Waals surface area contributed by atoms with Crippen LogP contribution in [0.2, 0.25) is 0 Å². The summed E-state index contributed by atoms with van der Waals surface area (Å²) in [5.74, 6) is -0.690. The van der Waals surface area contributed by atoms with Crippen molar-refractivity contribution in [3.63, 3.8) is 0 Å². The lowest BCUT2D eigenvalue weighted by Gasteiger charge is -2.47. The first-order chi connectivity index (χ1) is 17.4. The molecule has 1 amide bonds. The third kappa shape index (κ3) is 6.71. The Bertz CT molecular complexity index is 753. The van der Waals surface area contributed by atoms with Crippen molar-refractivity contribution < 1.29 is 74.4 Å². The first-order valence-corrected chi connectivity index (χ1v) is 12.2. The minimum absolute atomic E-state index is 0.0665. The number of hydrogen-bond donors (Lipinski definition) is 11. The van der Waals surface area contributed by atoms with Crippen LogP contribution in [-0.2, 0) is 28.5 Å². The van der Waals surface area contributed by atoms with E-state index in [2.05, 4.69) is 17.9 Å². The Morgan fingerprint density at radius 3 is 1.97 bits per heavy atom. The van der Waals surface area contributed by atoms with E-state index in [1.807, 2.05) is 0 Å². The van der Waals surface area contributed by atoms with Crippen LogP contribution in [0.15, 0.2) is 0 Å². The molecule has 0 bridgehead atoms. The summed E-state index contributed by atoms with van der Waals surface area (Å²) in [6, 6.07) is -1.38. The Kier molecular flexibility index (Phi) is 10.9. The topological polar surface area (TPSA) is 257 Å². The van der Waals surface area contributed by atoms with E-state index in [0.717, 1.165) is 6.92 Å². The minimum atomic E-state index is -1.83. The number of rotatable bonds is 8. The smallest absolute Gasteiger partial charge is 0.217 e. The molecule has 0 aromatic carbocycles. The average molecular weight is 562 g/mol. The third-order valence-corrected chi connectivity index (χ3v) is 6.84. The zero-order chi connectivity index (χ0) is 27.6. The maximum Gasteiger partial charge on any atom is 0.217 e. The van der Waals surface area contributed by atoms with Crippen molar-refractivity contribution in [1.82, 2.24) is 5.32 Å². The van der Waals surface area contributed by atoms with E-state index in [1.165, 1.54) is 0 Å². The number of hydrogen-bond acceptors (Lipinski definition) is 16. The zero-order valence-corrected chi connectivity index (χ0v) is 20.6. The van der Waals surface area contributed by atoms with E-state index < -0.39 is 111 Å². The van der Waals surface area contributed by atoms with Gasteiger partial charge >= 0.3 is 0 Å². The van der Waals surface area contributed by atoms with Crippen LogP contribution in [-0.4, -0.2) is 163 Å². The van der Waals surface area contributed by atoms with Gasteiger partial charge in [0.1, 0.15) is 67.1 Å². The fourth-order valence-electron chi connectivity index (χ4n) is 4.34. The lowest BCUT2D eigenvalue weighted by atomic mass is 9.96. The number of ether oxygens (including phenoxy) is 5. The van der Waals surface area contributed by atoms with Crippen molar-refractivity contribution in [2.24, 2.45) is 0 Å². The third-order valence-electron chi connectivity index (χ3n) is 6.48. The van der Waals surface area contributed by atoms with Crippen LogP contribution in [0.1, 0.15) is 6.92 Å². The van der Waals surface area contributed by atoms with Gasteiger partial charge in [-0.3, -0.25) is 4.79 Å². The summed E-state index contributed by atoms with van der Waals surface area (Å²) < 4.78 is 27.6. The highest BCUT2D eigenvalue weighted by Gasteiger charge is 2.52. The number of carbonyl (C=O) groups excluding carboxylic acids is 1. The van der Waals surface area contributed by atoms with Gasteiger partial charge < -0.3 is 75.0 Å². The summed E-state index contributed by atoms with van der Waals surface area (Å²) >= 11 is 4.07. The molecular formula is C20H35NO15S. The monoisotopic (exact) mass is 561 g/mol. The van der Waals surface area contributed by atoms with Gasteiger partial charge in [-0.1, -0.05) is 0 Å². The molecule has 0 unspecified atom stereocenters. The number of carbonyl (C=O) groups is 1. The van der Waals surface area contributed by atoms with Gasteiger partial charge in [-0.25, -0.2) is 0 Å². The van der Waals surface area contributed by atoms with Crippen molar-refractivity contribution in [3.05, 3.63) is 0 Å². The molecule has 10 N–H and O–H groups in total. The van der Waals surface area contributed by atoms with Crippen molar-refractivity contribution in [2.75, 3.05) is 19.0 Å². The number of aliphatic hydroxyl groups is 9. The van der Waals surface area contributed by atoms with Gasteiger partial charge in [0.05, 0.1) is 19.3 Å². The van der Waals surface area contributed by atoms with Crippen LogP contribution in [0.5, 0.6) is 0 Å². The number of thiol groups is 1. The Labute approximate surface area is 216 Å². The van der Waals surface area contributed by atoms with E-state index in [9.17, 15) is 50.8 Å². The van der Waals surface area contributed by atoms with Gasteiger partial charge in [0, 0.05) is 12.7 Å². The van der Waals surface area contributed by atoms with Crippen molar-refractivity contribution in [3.8, 4) is 0 Å². The lowest BCUT2D eigenvalue weighted by Crippen LogP contribution is -2.67. The molecule has 0 aliphatic carbocycles. The van der Waals surface area contributed by atoms with Gasteiger partial charge in [0.2, 0.25) is 5.91 Å². The molecule has 3 heterocycles. The molecule has 3 saturated heterocycles. The second-order valence-corrected chi connectivity index (χ2v) is 9.48. The lowest BCUT2D eigenvalue weighted by molar-refractivity contribution is -0.358. The van der Waals surface area contributed by atoms with Crippen LogP contribution in [0.25, 0.3) is 0 Å². The van der Waals surface area contributed by atoms with E-state index in [-0.39, 0.29) is 5.75 Å². The molecule has 216 valence electrons. The molecule has 3 rings (SSSR count). The minimum Gasteiger partial charge on any atom is -0.394 e. The van der Waals surface area contributed by atoms with Gasteiger partial charge in [-0.15, -0.1) is 0 Å². The number of nitrogens with one attached hydrogen (secondary N) is 1.